The fourth-order valence-corrected chi connectivity index (χ4v) is 5.17. The highest BCUT2D eigenvalue weighted by Gasteiger charge is 2.31. The highest BCUT2D eigenvalue weighted by Crippen LogP contribution is 2.32. The average Bonchev–Trinajstić information content (AvgIpc) is 2.76. The van der Waals surface area contributed by atoms with E-state index in [0.29, 0.717) is 10.4 Å². The summed E-state index contributed by atoms with van der Waals surface area (Å²) in [6.07, 6.45) is 7.47. The van der Waals surface area contributed by atoms with E-state index in [0.717, 1.165) is 56.5 Å². The number of benzene rings is 1. The fourth-order valence-electron chi connectivity index (χ4n) is 4.84. The number of rotatable bonds is 5. The molecule has 0 radical (unpaired) electrons. The molecule has 0 atom stereocenters. The molecule has 0 saturated heterocycles. The molecule has 172 valence electrons. The van der Waals surface area contributed by atoms with Crippen LogP contribution in [0.3, 0.4) is 0 Å². The quantitative estimate of drug-likeness (QED) is 0.619. The molecule has 4 rings (SSSR count). The summed E-state index contributed by atoms with van der Waals surface area (Å²) < 4.78 is 15.1. The number of hydrogen-bond donors (Lipinski definition) is 2. The van der Waals surface area contributed by atoms with Crippen molar-refractivity contribution in [3.63, 3.8) is 0 Å². The molecule has 7 nitrogen and oxygen atoms in total. The Morgan fingerprint density at radius 1 is 1.16 bits per heavy atom. The molecular weight excluding hydrogens is 475 g/mol. The lowest BCUT2D eigenvalue weighted by Crippen LogP contribution is -2.47. The molecule has 2 aliphatic rings. The lowest BCUT2D eigenvalue weighted by Gasteiger charge is -2.36. The molecule has 1 aromatic heterocycles. The van der Waals surface area contributed by atoms with E-state index in [1.807, 2.05) is 14.1 Å². The molecule has 9 heteroatoms. The molecule has 0 spiro atoms. The number of nitrogens with one attached hydrogen (secondary N) is 1. The van der Waals surface area contributed by atoms with E-state index in [2.05, 4.69) is 26.1 Å². The van der Waals surface area contributed by atoms with Gasteiger partial charge in [0.05, 0.1) is 11.4 Å². The molecule has 1 saturated carbocycles. The number of nitrogens with two attached hydrogens (primary N) is 1. The molecule has 1 aromatic carbocycles. The standard InChI is InChI=1S/C23H30BrFN6O/c1-30(2)21-17-5-3-4-6-19(17)28-23(29-21)27-15-8-10-16(11-9-15)31(22(26)32)20-12-7-14(24)13-18(20)25/h7,12-13,15-16H,3-6,8-11H2,1-2H3,(H2,26,32)(H,27,28,29)/t15-,16+. The van der Waals surface area contributed by atoms with Crippen LogP contribution in [0.15, 0.2) is 22.7 Å². The first-order valence-electron chi connectivity index (χ1n) is 11.2. The Morgan fingerprint density at radius 3 is 2.53 bits per heavy atom. The molecule has 2 aliphatic carbocycles. The van der Waals surface area contributed by atoms with E-state index in [-0.39, 0.29) is 17.8 Å². The van der Waals surface area contributed by atoms with E-state index in [1.54, 1.807) is 12.1 Å². The van der Waals surface area contributed by atoms with Gasteiger partial charge in [-0.15, -0.1) is 0 Å². The summed E-state index contributed by atoms with van der Waals surface area (Å²) in [5, 5.41) is 3.51. The number of carbonyl (C=O) groups excluding carboxylic acids is 1. The minimum atomic E-state index is -0.628. The highest BCUT2D eigenvalue weighted by atomic mass is 79.9. The number of primary amides is 1. The van der Waals surface area contributed by atoms with E-state index < -0.39 is 11.8 Å². The molecule has 2 amide bonds. The number of fused-ring (bicyclic) bond motifs is 1. The summed E-state index contributed by atoms with van der Waals surface area (Å²) in [5.41, 5.74) is 8.29. The summed E-state index contributed by atoms with van der Waals surface area (Å²) in [4.78, 5) is 25.2. The van der Waals surface area contributed by atoms with E-state index >= 15 is 0 Å². The van der Waals surface area contributed by atoms with Crippen LogP contribution in [-0.2, 0) is 12.8 Å². The summed E-state index contributed by atoms with van der Waals surface area (Å²) >= 11 is 3.26. The Balaban J connectivity index is 1.46. The smallest absolute Gasteiger partial charge is 0.319 e. The number of carbonyl (C=O) groups is 1. The third kappa shape index (κ3) is 4.82. The Hall–Kier alpha value is -2.42. The second kappa shape index (κ2) is 9.60. The SMILES string of the molecule is CN(C)c1nc(N[C@H]2CC[C@@H](N(C(N)=O)c3ccc(Br)cc3F)CC2)nc2c1CCCC2. The van der Waals surface area contributed by atoms with Crippen molar-refractivity contribution in [3.8, 4) is 0 Å². The van der Waals surface area contributed by atoms with Crippen molar-refractivity contribution in [1.29, 1.82) is 0 Å². The van der Waals surface area contributed by atoms with Crippen LogP contribution in [0.5, 0.6) is 0 Å². The fraction of sp³-hybridized carbons (Fsp3) is 0.522. The minimum absolute atomic E-state index is 0.136. The third-order valence-electron chi connectivity index (χ3n) is 6.39. The maximum absolute atomic E-state index is 14.5. The zero-order chi connectivity index (χ0) is 22.8. The number of nitrogens with zero attached hydrogens (tertiary/aromatic N) is 4. The van der Waals surface area contributed by atoms with Gasteiger partial charge in [0, 0.05) is 36.2 Å². The van der Waals surface area contributed by atoms with Crippen LogP contribution >= 0.6 is 15.9 Å². The topological polar surface area (TPSA) is 87.4 Å². The van der Waals surface area contributed by atoms with Gasteiger partial charge in [0.2, 0.25) is 5.95 Å². The Bertz CT molecular complexity index is 993. The third-order valence-corrected chi connectivity index (χ3v) is 6.88. The first-order valence-corrected chi connectivity index (χ1v) is 12.0. The van der Waals surface area contributed by atoms with Gasteiger partial charge in [-0.25, -0.2) is 14.2 Å². The van der Waals surface area contributed by atoms with Crippen LogP contribution in [0.25, 0.3) is 0 Å². The lowest BCUT2D eigenvalue weighted by molar-refractivity contribution is 0.248. The van der Waals surface area contributed by atoms with Crippen molar-refractivity contribution in [2.75, 3.05) is 29.2 Å². The van der Waals surface area contributed by atoms with Crippen molar-refractivity contribution in [1.82, 2.24) is 9.97 Å². The van der Waals surface area contributed by atoms with Gasteiger partial charge < -0.3 is 16.0 Å². The molecule has 0 bridgehead atoms. The normalized spacial score (nSPS) is 20.4. The summed E-state index contributed by atoms with van der Waals surface area (Å²) in [6.45, 7) is 0. The van der Waals surface area contributed by atoms with Gasteiger partial charge >= 0.3 is 6.03 Å². The molecule has 0 aliphatic heterocycles. The van der Waals surface area contributed by atoms with Crippen LogP contribution in [0.1, 0.15) is 49.8 Å². The molecule has 32 heavy (non-hydrogen) atoms. The number of aryl methyl sites for hydroxylation is 1. The van der Waals surface area contributed by atoms with Crippen LogP contribution in [0.4, 0.5) is 26.6 Å². The number of anilines is 3. The molecule has 1 fully saturated rings. The van der Waals surface area contributed by atoms with Crippen molar-refractivity contribution < 1.29 is 9.18 Å². The Labute approximate surface area is 196 Å². The second-order valence-electron chi connectivity index (χ2n) is 8.85. The summed E-state index contributed by atoms with van der Waals surface area (Å²) in [7, 11) is 4.04. The van der Waals surface area contributed by atoms with E-state index in [9.17, 15) is 9.18 Å². The largest absolute Gasteiger partial charge is 0.362 e. The maximum Gasteiger partial charge on any atom is 0.319 e. The van der Waals surface area contributed by atoms with Crippen LogP contribution in [-0.4, -0.2) is 42.2 Å². The average molecular weight is 505 g/mol. The van der Waals surface area contributed by atoms with E-state index in [1.165, 1.54) is 23.0 Å². The maximum atomic E-state index is 14.5. The minimum Gasteiger partial charge on any atom is -0.362 e. The molecule has 2 aromatic rings. The van der Waals surface area contributed by atoms with Gasteiger partial charge in [-0.1, -0.05) is 15.9 Å². The summed E-state index contributed by atoms with van der Waals surface area (Å²) in [5.74, 6) is 1.21. The number of hydrogen-bond acceptors (Lipinski definition) is 5. The molecule has 1 heterocycles. The molecule has 3 N–H and O–H groups in total. The summed E-state index contributed by atoms with van der Waals surface area (Å²) in [6, 6.07) is 4.11. The van der Waals surface area contributed by atoms with Crippen LogP contribution in [0, 0.1) is 5.82 Å². The van der Waals surface area contributed by atoms with Crippen molar-refractivity contribution in [2.24, 2.45) is 5.73 Å². The molecule has 0 unspecified atom stereocenters. The Kier molecular flexibility index (Phi) is 6.83. The highest BCUT2D eigenvalue weighted by molar-refractivity contribution is 9.10. The van der Waals surface area contributed by atoms with E-state index in [4.69, 9.17) is 15.7 Å². The zero-order valence-corrected chi connectivity index (χ0v) is 20.2. The van der Waals surface area contributed by atoms with Crippen molar-refractivity contribution >= 4 is 39.4 Å². The van der Waals surface area contributed by atoms with Crippen LogP contribution in [0.2, 0.25) is 0 Å². The monoisotopic (exact) mass is 504 g/mol. The number of aromatic nitrogens is 2. The first-order chi connectivity index (χ1) is 15.3. The van der Waals surface area contributed by atoms with Gasteiger partial charge in [-0.2, -0.15) is 4.98 Å². The molecular formula is C23H30BrFN6O. The number of amides is 2. The number of halogens is 2. The van der Waals surface area contributed by atoms with Gasteiger partial charge in [-0.3, -0.25) is 4.90 Å². The number of urea groups is 1. The van der Waals surface area contributed by atoms with Crippen molar-refractivity contribution in [3.05, 3.63) is 39.7 Å². The predicted molar refractivity (Wildman–Crippen MR) is 129 cm³/mol. The predicted octanol–water partition coefficient (Wildman–Crippen LogP) is 4.63. The van der Waals surface area contributed by atoms with Gasteiger partial charge in [0.1, 0.15) is 11.6 Å². The van der Waals surface area contributed by atoms with Crippen LogP contribution < -0.4 is 20.9 Å². The second-order valence-corrected chi connectivity index (χ2v) is 9.77. The van der Waals surface area contributed by atoms with Gasteiger partial charge in [0.15, 0.2) is 0 Å². The Morgan fingerprint density at radius 2 is 1.88 bits per heavy atom. The van der Waals surface area contributed by atoms with Gasteiger partial charge in [0.25, 0.3) is 0 Å². The van der Waals surface area contributed by atoms with Gasteiger partial charge in [-0.05, 0) is 69.6 Å². The zero-order valence-electron chi connectivity index (χ0n) is 18.6. The van der Waals surface area contributed by atoms with Crippen molar-refractivity contribution in [2.45, 2.75) is 63.5 Å². The first kappa shape index (κ1) is 22.8. The lowest BCUT2D eigenvalue weighted by atomic mass is 9.90.